The van der Waals surface area contributed by atoms with Gasteiger partial charge in [-0.1, -0.05) is 87.2 Å². The van der Waals surface area contributed by atoms with E-state index in [0.29, 0.717) is 22.1 Å². The van der Waals surface area contributed by atoms with Gasteiger partial charge < -0.3 is 4.74 Å². The first-order valence-corrected chi connectivity index (χ1v) is 12.1. The van der Waals surface area contributed by atoms with Crippen LogP contribution in [-0.2, 0) is 6.42 Å². The highest BCUT2D eigenvalue weighted by Gasteiger charge is 2.18. The maximum atomic E-state index is 15.4. The number of rotatable bonds is 10. The van der Waals surface area contributed by atoms with Gasteiger partial charge in [-0.3, -0.25) is 0 Å². The summed E-state index contributed by atoms with van der Waals surface area (Å²) in [6.07, 6.45) is 6.99. The predicted molar refractivity (Wildman–Crippen MR) is 134 cm³/mol. The molecule has 0 radical (unpaired) electrons. The molecule has 0 aromatic heterocycles. The fourth-order valence-corrected chi connectivity index (χ4v) is 4.42. The lowest BCUT2D eigenvalue weighted by molar-refractivity contribution is -0.0546. The second-order valence-corrected chi connectivity index (χ2v) is 8.87. The van der Waals surface area contributed by atoms with Crippen LogP contribution >= 0.6 is 0 Å². The topological polar surface area (TPSA) is 9.23 Å². The fourth-order valence-electron chi connectivity index (χ4n) is 4.42. The molecule has 0 aliphatic carbocycles. The average Bonchev–Trinajstić information content (AvgIpc) is 2.86. The van der Waals surface area contributed by atoms with Crippen molar-refractivity contribution in [3.63, 3.8) is 0 Å². The lowest BCUT2D eigenvalue weighted by Gasteiger charge is -2.11. The summed E-state index contributed by atoms with van der Waals surface area (Å²) in [7, 11) is 0. The normalized spacial score (nSPS) is 11.4. The minimum atomic E-state index is -3.34. The van der Waals surface area contributed by atoms with E-state index in [4.69, 9.17) is 0 Å². The molecule has 0 saturated heterocycles. The van der Waals surface area contributed by atoms with Crippen LogP contribution in [0.25, 0.3) is 33.0 Å². The lowest BCUT2D eigenvalue weighted by atomic mass is 9.96. The van der Waals surface area contributed by atoms with Crippen molar-refractivity contribution in [3.05, 3.63) is 89.7 Å². The van der Waals surface area contributed by atoms with E-state index in [2.05, 4.69) is 11.7 Å². The monoisotopic (exact) mass is 498 g/mol. The molecule has 0 N–H and O–H groups in total. The first-order chi connectivity index (χ1) is 17.4. The van der Waals surface area contributed by atoms with Crippen LogP contribution in [0.1, 0.15) is 44.6 Å². The number of benzene rings is 4. The standard InChI is InChI=1S/C30H27F5O/c1-2-3-4-5-6-7-19-8-14-25-22(16-19)13-15-24(28(25)33)21-11-9-20(10-12-21)23-17-26(31)29(27(32)18-23)36-30(34)35/h8-18,30H,2-7H2,1H3. The summed E-state index contributed by atoms with van der Waals surface area (Å²) in [5, 5.41) is 1.38. The Labute approximate surface area is 207 Å². The van der Waals surface area contributed by atoms with E-state index in [1.54, 1.807) is 30.3 Å². The molecular weight excluding hydrogens is 471 g/mol. The van der Waals surface area contributed by atoms with Crippen LogP contribution < -0.4 is 4.74 Å². The van der Waals surface area contributed by atoms with Crippen LogP contribution in [0.5, 0.6) is 5.75 Å². The van der Waals surface area contributed by atoms with Crippen molar-refractivity contribution in [1.82, 2.24) is 0 Å². The zero-order valence-corrected chi connectivity index (χ0v) is 20.0. The van der Waals surface area contributed by atoms with Crippen LogP contribution in [-0.4, -0.2) is 6.61 Å². The van der Waals surface area contributed by atoms with Crippen molar-refractivity contribution in [2.75, 3.05) is 0 Å². The molecule has 0 spiro atoms. The molecule has 0 bridgehead atoms. The summed E-state index contributed by atoms with van der Waals surface area (Å²) in [5.41, 5.74) is 2.82. The van der Waals surface area contributed by atoms with Gasteiger partial charge in [0, 0.05) is 10.9 Å². The van der Waals surface area contributed by atoms with Crippen LogP contribution in [0.4, 0.5) is 22.0 Å². The van der Waals surface area contributed by atoms with Gasteiger partial charge in [0.2, 0.25) is 0 Å². The van der Waals surface area contributed by atoms with Gasteiger partial charge in [0.1, 0.15) is 5.82 Å². The smallest absolute Gasteiger partial charge is 0.387 e. The number of hydrogen-bond acceptors (Lipinski definition) is 1. The number of unbranched alkanes of at least 4 members (excludes halogenated alkanes) is 4. The molecule has 36 heavy (non-hydrogen) atoms. The molecule has 6 heteroatoms. The van der Waals surface area contributed by atoms with Crippen molar-refractivity contribution in [2.24, 2.45) is 0 Å². The predicted octanol–water partition coefficient (Wildman–Crippen LogP) is 9.71. The van der Waals surface area contributed by atoms with Crippen molar-refractivity contribution in [3.8, 4) is 28.0 Å². The average molecular weight is 499 g/mol. The Morgan fingerprint density at radius 2 is 1.36 bits per heavy atom. The van der Waals surface area contributed by atoms with Crippen LogP contribution in [0, 0.1) is 17.5 Å². The molecule has 0 unspecified atom stereocenters. The summed E-state index contributed by atoms with van der Waals surface area (Å²) in [4.78, 5) is 0. The number of halogens is 5. The molecule has 0 heterocycles. The summed E-state index contributed by atoms with van der Waals surface area (Å²) in [5.74, 6) is -3.91. The quantitative estimate of drug-likeness (QED) is 0.156. The molecular formula is C30H27F5O. The molecule has 0 amide bonds. The van der Waals surface area contributed by atoms with Gasteiger partial charge in [0.25, 0.3) is 0 Å². The Morgan fingerprint density at radius 1 is 0.694 bits per heavy atom. The van der Waals surface area contributed by atoms with Gasteiger partial charge in [-0.2, -0.15) is 8.78 Å². The number of fused-ring (bicyclic) bond motifs is 1. The second-order valence-electron chi connectivity index (χ2n) is 8.87. The van der Waals surface area contributed by atoms with E-state index >= 15 is 4.39 Å². The molecule has 1 nitrogen and oxygen atoms in total. The Kier molecular flexibility index (Phi) is 8.24. The van der Waals surface area contributed by atoms with Crippen molar-refractivity contribution >= 4 is 10.8 Å². The van der Waals surface area contributed by atoms with Crippen molar-refractivity contribution in [1.29, 1.82) is 0 Å². The molecule has 188 valence electrons. The van der Waals surface area contributed by atoms with E-state index in [9.17, 15) is 17.6 Å². The van der Waals surface area contributed by atoms with E-state index in [0.717, 1.165) is 30.4 Å². The maximum absolute atomic E-state index is 15.4. The lowest BCUT2D eigenvalue weighted by Crippen LogP contribution is -2.06. The first kappa shape index (κ1) is 25.7. The molecule has 0 atom stereocenters. The van der Waals surface area contributed by atoms with E-state index in [1.165, 1.54) is 31.2 Å². The Morgan fingerprint density at radius 3 is 2.03 bits per heavy atom. The number of aryl methyl sites for hydroxylation is 1. The molecule has 4 rings (SSSR count). The third-order valence-electron chi connectivity index (χ3n) is 6.32. The van der Waals surface area contributed by atoms with Gasteiger partial charge in [0.05, 0.1) is 0 Å². The van der Waals surface area contributed by atoms with E-state index in [1.807, 2.05) is 24.3 Å². The van der Waals surface area contributed by atoms with Crippen molar-refractivity contribution < 1.29 is 26.7 Å². The zero-order valence-electron chi connectivity index (χ0n) is 20.0. The molecule has 0 fully saturated rings. The van der Waals surface area contributed by atoms with Crippen molar-refractivity contribution in [2.45, 2.75) is 52.1 Å². The van der Waals surface area contributed by atoms with Crippen LogP contribution in [0.15, 0.2) is 66.7 Å². The van der Waals surface area contributed by atoms with Crippen LogP contribution in [0.3, 0.4) is 0 Å². The highest BCUT2D eigenvalue weighted by molar-refractivity contribution is 5.89. The van der Waals surface area contributed by atoms with E-state index < -0.39 is 24.0 Å². The maximum Gasteiger partial charge on any atom is 0.387 e. The van der Waals surface area contributed by atoms with Gasteiger partial charge in [-0.15, -0.1) is 0 Å². The highest BCUT2D eigenvalue weighted by Crippen LogP contribution is 2.33. The molecule has 0 aliphatic heterocycles. The van der Waals surface area contributed by atoms with Gasteiger partial charge in [0.15, 0.2) is 17.4 Å². The first-order valence-electron chi connectivity index (χ1n) is 12.1. The third kappa shape index (κ3) is 5.86. The Bertz CT molecular complexity index is 1310. The van der Waals surface area contributed by atoms with Gasteiger partial charge in [-0.05, 0) is 52.6 Å². The zero-order chi connectivity index (χ0) is 25.7. The summed E-state index contributed by atoms with van der Waals surface area (Å²) >= 11 is 0. The summed E-state index contributed by atoms with van der Waals surface area (Å²) < 4.78 is 72.2. The van der Waals surface area contributed by atoms with E-state index in [-0.39, 0.29) is 11.4 Å². The molecule has 0 saturated carbocycles. The minimum Gasteiger partial charge on any atom is -0.429 e. The molecule has 4 aromatic carbocycles. The molecule has 4 aromatic rings. The number of hydrogen-bond donors (Lipinski definition) is 0. The Balaban J connectivity index is 1.54. The fraction of sp³-hybridized carbons (Fsp3) is 0.267. The van der Waals surface area contributed by atoms with Crippen LogP contribution in [0.2, 0.25) is 0 Å². The SMILES string of the molecule is CCCCCCCc1ccc2c(F)c(-c3ccc(-c4cc(F)c(OC(F)F)c(F)c4)cc3)ccc2c1. The summed E-state index contributed by atoms with van der Waals surface area (Å²) in [6.45, 7) is -1.14. The third-order valence-corrected chi connectivity index (χ3v) is 6.32. The van der Waals surface area contributed by atoms with Gasteiger partial charge >= 0.3 is 6.61 Å². The van der Waals surface area contributed by atoms with Gasteiger partial charge in [-0.25, -0.2) is 13.2 Å². The molecule has 0 aliphatic rings. The number of alkyl halides is 2. The second kappa shape index (κ2) is 11.5. The number of ether oxygens (including phenoxy) is 1. The highest BCUT2D eigenvalue weighted by atomic mass is 19.3. The minimum absolute atomic E-state index is 0.152. The largest absolute Gasteiger partial charge is 0.429 e. The summed E-state index contributed by atoms with van der Waals surface area (Å²) in [6, 6.07) is 17.8. The Hall–Kier alpha value is -3.41.